The Morgan fingerprint density at radius 1 is 1.15 bits per heavy atom. The molecule has 2 bridgehead atoms. The second-order valence-electron chi connectivity index (χ2n) is 5.12. The fourth-order valence-corrected chi connectivity index (χ4v) is 3.02. The molecule has 2 heteroatoms. The molecule has 2 rings (SSSR count). The molecule has 2 nitrogen and oxygen atoms in total. The first-order valence-corrected chi connectivity index (χ1v) is 5.28. The van der Waals surface area contributed by atoms with Crippen molar-refractivity contribution in [2.45, 2.75) is 63.3 Å². The molecule has 0 aromatic rings. The molecule has 1 unspecified atom stereocenters. The van der Waals surface area contributed by atoms with Gasteiger partial charge in [0.2, 0.25) is 0 Å². The van der Waals surface area contributed by atoms with Gasteiger partial charge < -0.3 is 9.47 Å². The molecule has 13 heavy (non-hydrogen) atoms. The van der Waals surface area contributed by atoms with Crippen molar-refractivity contribution in [3.8, 4) is 0 Å². The molecule has 2 heterocycles. The summed E-state index contributed by atoms with van der Waals surface area (Å²) < 4.78 is 11.6. The minimum Gasteiger partial charge on any atom is -0.381 e. The molecule has 2 aliphatic heterocycles. The van der Waals surface area contributed by atoms with Crippen molar-refractivity contribution < 1.29 is 9.47 Å². The average Bonchev–Trinajstić information content (AvgIpc) is 2.00. The van der Waals surface area contributed by atoms with Crippen molar-refractivity contribution in [2.24, 2.45) is 0 Å². The van der Waals surface area contributed by atoms with Gasteiger partial charge in [-0.1, -0.05) is 0 Å². The first-order chi connectivity index (χ1) is 6.05. The summed E-state index contributed by atoms with van der Waals surface area (Å²) >= 11 is 0. The van der Waals surface area contributed by atoms with E-state index < -0.39 is 0 Å². The molecule has 0 N–H and O–H groups in total. The topological polar surface area (TPSA) is 18.5 Å². The van der Waals surface area contributed by atoms with Crippen LogP contribution >= 0.6 is 0 Å². The van der Waals surface area contributed by atoms with E-state index in [0.717, 1.165) is 12.8 Å². The molecule has 0 saturated carbocycles. The molecular formula is C11H20O2. The quantitative estimate of drug-likeness (QED) is 0.623. The molecule has 2 aliphatic rings. The zero-order valence-electron chi connectivity index (χ0n) is 8.93. The van der Waals surface area contributed by atoms with Gasteiger partial charge in [0, 0.05) is 20.0 Å². The van der Waals surface area contributed by atoms with E-state index in [9.17, 15) is 0 Å². The summed E-state index contributed by atoms with van der Waals surface area (Å²) in [5.74, 6) is 0. The van der Waals surface area contributed by atoms with Gasteiger partial charge in [0.05, 0.1) is 17.3 Å². The Morgan fingerprint density at radius 2 is 1.69 bits per heavy atom. The first-order valence-electron chi connectivity index (χ1n) is 5.28. The van der Waals surface area contributed by atoms with Crippen LogP contribution in [0.5, 0.6) is 0 Å². The Kier molecular flexibility index (Phi) is 2.16. The lowest BCUT2D eigenvalue weighted by atomic mass is 9.75. The lowest BCUT2D eigenvalue weighted by molar-refractivity contribution is -0.232. The van der Waals surface area contributed by atoms with Crippen LogP contribution in [0.15, 0.2) is 0 Å². The van der Waals surface area contributed by atoms with E-state index in [4.69, 9.17) is 9.47 Å². The second kappa shape index (κ2) is 2.96. The van der Waals surface area contributed by atoms with Crippen LogP contribution in [0.4, 0.5) is 0 Å². The minimum atomic E-state index is 0.0892. The number of methoxy groups -OCH3 is 1. The van der Waals surface area contributed by atoms with Gasteiger partial charge in [-0.2, -0.15) is 0 Å². The van der Waals surface area contributed by atoms with E-state index in [2.05, 4.69) is 13.8 Å². The Hall–Kier alpha value is -0.0800. The third kappa shape index (κ3) is 1.75. The van der Waals surface area contributed by atoms with E-state index in [1.165, 1.54) is 19.3 Å². The Labute approximate surface area is 80.6 Å². The molecule has 76 valence electrons. The standard InChI is InChI=1S/C11H20O2/c1-10-5-4-6-11(2,13-10)8-9(7-10)12-3/h9H,4-8H2,1-3H3/t9?,10-,11+. The molecule has 3 atom stereocenters. The summed E-state index contributed by atoms with van der Waals surface area (Å²) in [5, 5.41) is 0. The zero-order chi connectivity index (χ0) is 9.53. The highest BCUT2D eigenvalue weighted by molar-refractivity contribution is 4.97. The van der Waals surface area contributed by atoms with Crippen LogP contribution in [0.25, 0.3) is 0 Å². The molecule has 0 spiro atoms. The van der Waals surface area contributed by atoms with Crippen LogP contribution in [0.2, 0.25) is 0 Å². The number of ether oxygens (including phenoxy) is 2. The van der Waals surface area contributed by atoms with E-state index in [1.807, 2.05) is 7.11 Å². The molecule has 0 aliphatic carbocycles. The zero-order valence-corrected chi connectivity index (χ0v) is 8.93. The molecule has 0 radical (unpaired) electrons. The van der Waals surface area contributed by atoms with Crippen LogP contribution in [0.1, 0.15) is 46.0 Å². The fourth-order valence-electron chi connectivity index (χ4n) is 3.02. The summed E-state index contributed by atoms with van der Waals surface area (Å²) in [6.07, 6.45) is 6.25. The van der Waals surface area contributed by atoms with Gasteiger partial charge in [0.1, 0.15) is 0 Å². The lowest BCUT2D eigenvalue weighted by Gasteiger charge is -2.51. The lowest BCUT2D eigenvalue weighted by Crippen LogP contribution is -2.53. The number of fused-ring (bicyclic) bond motifs is 2. The van der Waals surface area contributed by atoms with Crippen LogP contribution < -0.4 is 0 Å². The summed E-state index contributed by atoms with van der Waals surface area (Å²) in [5.41, 5.74) is 0.178. The van der Waals surface area contributed by atoms with Gasteiger partial charge in [-0.3, -0.25) is 0 Å². The van der Waals surface area contributed by atoms with Gasteiger partial charge in [0.15, 0.2) is 0 Å². The highest BCUT2D eigenvalue weighted by atomic mass is 16.5. The molecule has 0 aromatic carbocycles. The maximum Gasteiger partial charge on any atom is 0.0686 e. The van der Waals surface area contributed by atoms with Crippen molar-refractivity contribution >= 4 is 0 Å². The van der Waals surface area contributed by atoms with Gasteiger partial charge >= 0.3 is 0 Å². The number of hydrogen-bond acceptors (Lipinski definition) is 2. The summed E-state index contributed by atoms with van der Waals surface area (Å²) in [6, 6.07) is 0. The highest BCUT2D eigenvalue weighted by Crippen LogP contribution is 2.45. The Bertz CT molecular complexity index is 186. The molecule has 0 aromatic heterocycles. The van der Waals surface area contributed by atoms with Crippen LogP contribution in [0, 0.1) is 0 Å². The van der Waals surface area contributed by atoms with Gasteiger partial charge in [0.25, 0.3) is 0 Å². The molecule has 2 saturated heterocycles. The third-order valence-electron chi connectivity index (χ3n) is 3.56. The smallest absolute Gasteiger partial charge is 0.0686 e. The van der Waals surface area contributed by atoms with E-state index in [0.29, 0.717) is 6.10 Å². The van der Waals surface area contributed by atoms with E-state index in [1.54, 1.807) is 0 Å². The maximum atomic E-state index is 6.15. The first kappa shape index (κ1) is 9.47. The van der Waals surface area contributed by atoms with Gasteiger partial charge in [-0.15, -0.1) is 0 Å². The maximum absolute atomic E-state index is 6.15. The highest BCUT2D eigenvalue weighted by Gasteiger charge is 2.47. The summed E-state index contributed by atoms with van der Waals surface area (Å²) in [6.45, 7) is 4.46. The van der Waals surface area contributed by atoms with Crippen molar-refractivity contribution in [1.82, 2.24) is 0 Å². The Morgan fingerprint density at radius 3 is 2.15 bits per heavy atom. The van der Waals surface area contributed by atoms with Crippen LogP contribution in [0.3, 0.4) is 0 Å². The number of rotatable bonds is 1. The van der Waals surface area contributed by atoms with Crippen LogP contribution in [-0.4, -0.2) is 24.4 Å². The summed E-state index contributed by atoms with van der Waals surface area (Å²) in [4.78, 5) is 0. The SMILES string of the molecule is COC1C[C@]2(C)CCC[C@](C)(C1)O2. The normalized spacial score (nSPS) is 50.5. The van der Waals surface area contributed by atoms with Crippen LogP contribution in [-0.2, 0) is 9.47 Å². The second-order valence-corrected chi connectivity index (χ2v) is 5.12. The largest absolute Gasteiger partial charge is 0.381 e. The third-order valence-corrected chi connectivity index (χ3v) is 3.56. The molecular weight excluding hydrogens is 164 g/mol. The van der Waals surface area contributed by atoms with Crippen molar-refractivity contribution in [3.05, 3.63) is 0 Å². The summed E-state index contributed by atoms with van der Waals surface area (Å²) in [7, 11) is 1.82. The van der Waals surface area contributed by atoms with E-state index in [-0.39, 0.29) is 11.2 Å². The average molecular weight is 184 g/mol. The number of hydrogen-bond donors (Lipinski definition) is 0. The van der Waals surface area contributed by atoms with E-state index >= 15 is 0 Å². The fraction of sp³-hybridized carbons (Fsp3) is 1.00. The predicted octanol–water partition coefficient (Wildman–Crippen LogP) is 2.51. The predicted molar refractivity (Wildman–Crippen MR) is 51.8 cm³/mol. The minimum absolute atomic E-state index is 0.0892. The van der Waals surface area contributed by atoms with Crippen molar-refractivity contribution in [1.29, 1.82) is 0 Å². The van der Waals surface area contributed by atoms with Gasteiger partial charge in [-0.25, -0.2) is 0 Å². The van der Waals surface area contributed by atoms with Crippen molar-refractivity contribution in [3.63, 3.8) is 0 Å². The van der Waals surface area contributed by atoms with Crippen molar-refractivity contribution in [2.75, 3.05) is 7.11 Å². The Balaban J connectivity index is 2.15. The molecule has 2 fully saturated rings. The van der Waals surface area contributed by atoms with Gasteiger partial charge in [-0.05, 0) is 33.1 Å². The monoisotopic (exact) mass is 184 g/mol. The molecule has 0 amide bonds.